The smallest absolute Gasteiger partial charge is 0.857 e. The molecule has 2 aliphatic carbocycles. The summed E-state index contributed by atoms with van der Waals surface area (Å²) in [6.45, 7) is 1.91. The Labute approximate surface area is 422 Å². The molecule has 11 rings (SSSR count). The van der Waals surface area contributed by atoms with E-state index in [1.54, 1.807) is 59.1 Å². The van der Waals surface area contributed by atoms with Gasteiger partial charge in [-0.05, 0) is 79.1 Å². The van der Waals surface area contributed by atoms with E-state index >= 15 is 0 Å². The minimum absolute atomic E-state index is 0. The van der Waals surface area contributed by atoms with Crippen molar-refractivity contribution in [2.45, 2.75) is 49.6 Å². The number of aryl methyl sites for hydroxylation is 5. The Kier molecular flexibility index (Phi) is 16.4. The van der Waals surface area contributed by atoms with Crippen molar-refractivity contribution in [2.24, 2.45) is 14.1 Å². The molecule has 0 unspecified atom stereocenters. The second kappa shape index (κ2) is 21.7. The van der Waals surface area contributed by atoms with Crippen LogP contribution in [0.2, 0.25) is 0 Å². The molecule has 342 valence electrons. The number of nitrogens with zero attached hydrogens (tertiary/aromatic N) is 11. The van der Waals surface area contributed by atoms with Crippen molar-refractivity contribution < 1.29 is 43.1 Å². The molecule has 5 N–H and O–H groups in total. The van der Waals surface area contributed by atoms with Crippen molar-refractivity contribution in [1.82, 2.24) is 58.9 Å². The maximum Gasteiger partial charge on any atom is 1.00 e. The Morgan fingerprint density at radius 2 is 1.19 bits per heavy atom. The van der Waals surface area contributed by atoms with Gasteiger partial charge in [-0.2, -0.15) is 54.0 Å². The van der Waals surface area contributed by atoms with Crippen LogP contribution in [0.5, 0.6) is 0 Å². The monoisotopic (exact) mass is 968 g/mol. The third-order valence-corrected chi connectivity index (χ3v) is 12.8. The van der Waals surface area contributed by atoms with Gasteiger partial charge >= 0.3 is 29.6 Å². The van der Waals surface area contributed by atoms with Crippen LogP contribution in [0.25, 0.3) is 22.1 Å². The van der Waals surface area contributed by atoms with Crippen molar-refractivity contribution in [3.8, 4) is 0 Å². The predicted octanol–water partition coefficient (Wildman–Crippen LogP) is 3.08. The van der Waals surface area contributed by atoms with Crippen molar-refractivity contribution in [3.05, 3.63) is 138 Å². The Balaban J connectivity index is 0.000000213. The van der Waals surface area contributed by atoms with Gasteiger partial charge in [-0.25, -0.2) is 12.4 Å². The molecule has 0 saturated heterocycles. The predicted molar refractivity (Wildman–Crippen MR) is 263 cm³/mol. The number of aromatic nitrogens is 12. The summed E-state index contributed by atoms with van der Waals surface area (Å²) in [4.78, 5) is 21.8. The first-order valence-corrected chi connectivity index (χ1v) is 22.0. The number of H-pyrrole nitrogens is 1. The summed E-state index contributed by atoms with van der Waals surface area (Å²) in [6, 6.07) is 27.7. The van der Waals surface area contributed by atoms with Crippen molar-refractivity contribution >= 4 is 94.2 Å². The number of rotatable bonds is 10. The number of hydrogen-bond donors (Lipinski definition) is 5. The van der Waals surface area contributed by atoms with Crippen LogP contribution in [0.4, 0.5) is 35.2 Å². The second-order valence-electron chi connectivity index (χ2n) is 15.4. The molecule has 6 aromatic heterocycles. The van der Waals surface area contributed by atoms with E-state index in [1.807, 2.05) is 38.4 Å². The van der Waals surface area contributed by atoms with Gasteiger partial charge in [0, 0.05) is 26.5 Å². The van der Waals surface area contributed by atoms with Gasteiger partial charge in [-0.3, -0.25) is 9.36 Å². The number of benzene rings is 3. The first-order valence-electron chi connectivity index (χ1n) is 20.6. The van der Waals surface area contributed by atoms with Gasteiger partial charge in [0.25, 0.3) is 10.0 Å². The first kappa shape index (κ1) is 50.4. The Bertz CT molecular complexity index is 3210. The molecule has 19 nitrogen and oxygen atoms in total. The fraction of sp³-hybridized carbons (Fsp3) is 0.227. The van der Waals surface area contributed by atoms with Crippen LogP contribution in [0, 0.1) is 6.92 Å². The minimum atomic E-state index is -3.88. The zero-order valence-corrected chi connectivity index (χ0v) is 42.2. The van der Waals surface area contributed by atoms with Gasteiger partial charge in [0.1, 0.15) is 17.3 Å². The van der Waals surface area contributed by atoms with E-state index < -0.39 is 10.0 Å². The van der Waals surface area contributed by atoms with Crippen LogP contribution in [0.3, 0.4) is 0 Å². The van der Waals surface area contributed by atoms with E-state index in [1.165, 1.54) is 32.4 Å². The molecule has 0 saturated carbocycles. The van der Waals surface area contributed by atoms with Crippen LogP contribution < -0.4 is 55.9 Å². The Morgan fingerprint density at radius 1 is 0.672 bits per heavy atom. The quantitative estimate of drug-likeness (QED) is 0.124. The van der Waals surface area contributed by atoms with E-state index in [2.05, 4.69) is 98.2 Å². The summed E-state index contributed by atoms with van der Waals surface area (Å²) >= 11 is 0. The van der Waals surface area contributed by atoms with Gasteiger partial charge in [0.05, 0.1) is 40.1 Å². The van der Waals surface area contributed by atoms with Gasteiger partial charge in [-0.15, -0.1) is 10.2 Å². The summed E-state index contributed by atoms with van der Waals surface area (Å²) in [7, 11) is 0.445. The van der Waals surface area contributed by atoms with E-state index in [9.17, 15) is 8.42 Å². The average Bonchev–Trinajstić information content (AvgIpc) is 4.18. The molecule has 2 aliphatic rings. The molecule has 2 atom stereocenters. The standard InChI is InChI=1S/C25H24N8O2S.C18H18N8.CH3O.Na.2H2S/c1-16-7-10-18(11-8-16)36(34,35)33-14-13-20-23(26-21-12-9-17-5-3-4-6-19(17)21)28-25(29-24(20)33)27-22-15-32(2)31-30-22;1-26-10-15(24-25-26)21-18-22-16-13(8-9-19-16)17(23-18)20-14-7-6-11-4-2-3-5-12(11)14;1-2;;;/h3-8,10-11,13-15,21H,9,12H2,1-2H3,(H2,26,27,28,29);2-5,8-10,14H,6-7H2,1H3,(H3,19,20,21,22,23);1H3;;2*1H2/q;;-1;+1;;/t21-;14-;;;;/m00..../s1. The Hall–Kier alpha value is -6.01. The summed E-state index contributed by atoms with van der Waals surface area (Å²) in [6.07, 6.45) is 10.9. The molecule has 9 aromatic rings. The maximum absolute atomic E-state index is 13.5. The number of nitrogens with one attached hydrogen (secondary N) is 5. The van der Waals surface area contributed by atoms with Crippen LogP contribution in [0.1, 0.15) is 52.7 Å². The van der Waals surface area contributed by atoms with Crippen molar-refractivity contribution in [2.75, 3.05) is 28.4 Å². The van der Waals surface area contributed by atoms with E-state index in [0.717, 1.165) is 55.2 Å². The third-order valence-electron chi connectivity index (χ3n) is 11.1. The number of aromatic amines is 1. The van der Waals surface area contributed by atoms with Crippen LogP contribution in [-0.2, 0) is 37.0 Å². The minimum Gasteiger partial charge on any atom is -0.857 e. The molecule has 0 aliphatic heterocycles. The van der Waals surface area contributed by atoms with Gasteiger partial charge < -0.3 is 31.4 Å². The second-order valence-corrected chi connectivity index (χ2v) is 17.2. The summed E-state index contributed by atoms with van der Waals surface area (Å²) in [5.41, 5.74) is 7.30. The molecule has 6 heterocycles. The van der Waals surface area contributed by atoms with Crippen molar-refractivity contribution in [1.29, 1.82) is 0 Å². The van der Waals surface area contributed by atoms with E-state index in [0.29, 0.717) is 28.8 Å². The fourth-order valence-corrected chi connectivity index (χ4v) is 9.36. The number of anilines is 6. The molecule has 0 fully saturated rings. The normalized spacial score (nSPS) is 14.5. The maximum atomic E-state index is 13.5. The number of hydrogen-bond acceptors (Lipinski definition) is 15. The SMILES string of the molecule is C[O-].Cc1ccc(S(=O)(=O)n2ccc3c(N[C@H]4CCc5ccccc54)nc(Nc4cn(C)nn4)nc32)cc1.Cn1cc(Nc2nc(N[C@H]3CCc4ccccc43)c3cc[nH]c3n2)nn1.S.S.[Na+]. The first-order chi connectivity index (χ1) is 31.1. The zero-order chi connectivity index (χ0) is 44.4. The summed E-state index contributed by atoms with van der Waals surface area (Å²) < 4.78 is 31.5. The van der Waals surface area contributed by atoms with Crippen molar-refractivity contribution in [3.63, 3.8) is 0 Å². The molecule has 0 amide bonds. The summed E-state index contributed by atoms with van der Waals surface area (Å²) in [5.74, 6) is 3.12. The summed E-state index contributed by atoms with van der Waals surface area (Å²) in [5, 5.41) is 39.1. The number of fused-ring (bicyclic) bond motifs is 4. The molecule has 3 aromatic carbocycles. The molecule has 67 heavy (non-hydrogen) atoms. The van der Waals surface area contributed by atoms with Crippen LogP contribution in [0.15, 0.2) is 115 Å². The van der Waals surface area contributed by atoms with E-state index in [-0.39, 0.29) is 85.1 Å². The Morgan fingerprint density at radius 3 is 1.73 bits per heavy atom. The molecule has 0 radical (unpaired) electrons. The van der Waals surface area contributed by atoms with Gasteiger partial charge in [0.2, 0.25) is 11.9 Å². The zero-order valence-electron chi connectivity index (χ0n) is 37.4. The molecular formula is C44H49N16NaO3S3. The topological polar surface area (TPSA) is 239 Å². The van der Waals surface area contributed by atoms with E-state index in [4.69, 9.17) is 10.1 Å². The molecule has 0 bridgehead atoms. The molecular weight excluding hydrogens is 920 g/mol. The molecule has 23 heteroatoms. The largest absolute Gasteiger partial charge is 1.00 e. The average molecular weight is 969 g/mol. The van der Waals surface area contributed by atoms with Crippen LogP contribution in [-0.4, -0.2) is 74.4 Å². The van der Waals surface area contributed by atoms with Gasteiger partial charge in [-0.1, -0.05) is 76.7 Å². The fourth-order valence-electron chi connectivity index (χ4n) is 8.07. The molecule has 0 spiro atoms. The van der Waals surface area contributed by atoms with Crippen LogP contribution >= 0.6 is 27.0 Å². The third kappa shape index (κ3) is 10.7. The van der Waals surface area contributed by atoms with Gasteiger partial charge in [0.15, 0.2) is 17.3 Å².